The van der Waals surface area contributed by atoms with E-state index in [9.17, 15) is 38.4 Å². The van der Waals surface area contributed by atoms with E-state index in [-0.39, 0.29) is 210 Å². The minimum atomic E-state index is -0.370. The highest BCUT2D eigenvalue weighted by Gasteiger charge is 2.19. The molecule has 118 heavy (non-hydrogen) atoms. The van der Waals surface area contributed by atoms with Gasteiger partial charge in [0.2, 0.25) is 71.1 Å². The van der Waals surface area contributed by atoms with Crippen molar-refractivity contribution in [3.8, 4) is 0 Å². The quantitative estimate of drug-likeness (QED) is 0.0129. The molecule has 12 N–H and O–H groups in total. The molecule has 0 atom stereocenters. The van der Waals surface area contributed by atoms with E-state index in [0.29, 0.717) is 167 Å². The average molecular weight is 1640 g/mol. The maximum atomic E-state index is 13.9. The Morgan fingerprint density at radius 1 is 0.305 bits per heavy atom. The number of carbonyl (C=O) groups excluding carboxylic acids is 8. The van der Waals surface area contributed by atoms with Crippen molar-refractivity contribution in [2.45, 2.75) is 64.2 Å². The maximum Gasteiger partial charge on any atom is 0.234 e. The summed E-state index contributed by atoms with van der Waals surface area (Å²) in [4.78, 5) is 150. The fourth-order valence-corrected chi connectivity index (χ4v) is 10.7. The van der Waals surface area contributed by atoms with Crippen molar-refractivity contribution in [2.75, 3.05) is 218 Å². The Morgan fingerprint density at radius 3 is 0.780 bits per heavy atom. The van der Waals surface area contributed by atoms with Gasteiger partial charge in [0.25, 0.3) is 0 Å². The fraction of sp³-hybridized carbons (Fsp3) is 0.500. The molecule has 4 heterocycles. The van der Waals surface area contributed by atoms with Crippen molar-refractivity contribution in [2.24, 2.45) is 5.11 Å². The smallest absolute Gasteiger partial charge is 0.234 e. The van der Waals surface area contributed by atoms with E-state index in [2.05, 4.69) is 166 Å². The van der Waals surface area contributed by atoms with E-state index in [4.69, 9.17) is 24.5 Å². The third kappa shape index (κ3) is 47.3. The molecule has 8 amide bonds. The minimum absolute atomic E-state index is 0.0817. The molecule has 38 nitrogen and oxygen atoms in total. The maximum absolute atomic E-state index is 13.9. The first-order chi connectivity index (χ1) is 57.4. The van der Waals surface area contributed by atoms with Crippen molar-refractivity contribution in [1.82, 2.24) is 97.1 Å². The Labute approximate surface area is 691 Å². The molecule has 0 aliphatic rings. The number of hydrogen-bond donors (Lipinski definition) is 12. The number of nitrogens with one attached hydrogen (secondary N) is 12. The van der Waals surface area contributed by atoms with Gasteiger partial charge >= 0.3 is 0 Å². The lowest BCUT2D eigenvalue weighted by Crippen LogP contribution is -2.48. The molecule has 0 aromatic carbocycles. The van der Waals surface area contributed by atoms with Crippen LogP contribution in [0.1, 0.15) is 110 Å². The van der Waals surface area contributed by atoms with Crippen molar-refractivity contribution >= 4 is 120 Å². The Balaban J connectivity index is 1.37. The predicted octanol–water partition coefficient (Wildman–Crippen LogP) is 3.85. The largest absolute Gasteiger partial charge is 0.379 e. The first-order valence-electron chi connectivity index (χ1n) is 39.5. The topological polar surface area (TPSA) is 479 Å². The van der Waals surface area contributed by atoms with Gasteiger partial charge in [-0.2, -0.15) is 0 Å². The second-order valence-electron chi connectivity index (χ2n) is 26.1. The molecule has 0 aliphatic heterocycles. The molecule has 0 aliphatic carbocycles. The third-order valence-electron chi connectivity index (χ3n) is 16.8. The number of amides is 8. The molecular formula is C80H120N26O12. The lowest BCUT2D eigenvalue weighted by Gasteiger charge is -2.25. The summed E-state index contributed by atoms with van der Waals surface area (Å²) in [5.41, 5.74) is 13.3. The van der Waals surface area contributed by atoms with Crippen molar-refractivity contribution < 1.29 is 57.3 Å². The molecule has 0 spiro atoms. The molecule has 0 radical (unpaired) electrons. The van der Waals surface area contributed by atoms with Crippen LogP contribution in [0.2, 0.25) is 0 Å². The van der Waals surface area contributed by atoms with Gasteiger partial charge in [0, 0.05) is 161 Å². The van der Waals surface area contributed by atoms with Gasteiger partial charge in [0.05, 0.1) is 118 Å². The number of rotatable bonds is 71. The molecule has 4 aromatic heterocycles. The van der Waals surface area contributed by atoms with Crippen LogP contribution in [0, 0.1) is 0 Å². The fourth-order valence-electron chi connectivity index (χ4n) is 10.7. The van der Waals surface area contributed by atoms with Crippen LogP contribution in [0.3, 0.4) is 0 Å². The van der Waals surface area contributed by atoms with E-state index < -0.39 is 0 Å². The van der Waals surface area contributed by atoms with E-state index in [1.165, 1.54) is 0 Å². The van der Waals surface area contributed by atoms with Gasteiger partial charge in [0.15, 0.2) is 0 Å². The van der Waals surface area contributed by atoms with Crippen molar-refractivity contribution in [3.05, 3.63) is 133 Å². The lowest BCUT2D eigenvalue weighted by atomic mass is 10.3. The van der Waals surface area contributed by atoms with Crippen LogP contribution in [0.4, 0.5) is 23.8 Å². The number of ether oxygens (including phenoxy) is 4. The van der Waals surface area contributed by atoms with Crippen LogP contribution < -0.4 is 63.8 Å². The molecule has 0 fully saturated rings. The molecule has 4 rings (SSSR count). The Bertz CT molecular complexity index is 3390. The highest BCUT2D eigenvalue weighted by molar-refractivity contribution is 5.80. The standard InChI is InChI=1S/C80H120N26O12/c1-9-61-54-62(10-2)96-77(95-61)90-27-17-22-69(107)84-33-40-104(41-34-85-70(108)23-18-28-91-78-97-63(11-3)55-64(12-4)98-78)59-75(113)88-37-44-106(58-74(112)83-32-21-31-82-73(111)26-46-115-48-50-117-52-53-118-51-49-116-47-39-94-103-81)45-38-89-76(114)60-105(42-35-86-71(109)24-19-29-92-79-99-65(13-5)56-66(14-6)100-79)43-36-87-72(110)25-20-30-93-80-101-67(15-7)57-68(16-8)102-80/h9-16,54-57H,1-8,17-53,58-60H2,(H,82,111)(H,83,112)(H,84,107)(H,85,108)(H,86,109)(H,87,110)(H,88,113)(H,89,114)(H,90,95,96)(H,91,97,98)(H,92,99,100)(H,93,101,102). The monoisotopic (exact) mass is 1640 g/mol. The van der Waals surface area contributed by atoms with Gasteiger partial charge in [-0.15, -0.1) is 0 Å². The number of nitrogens with zero attached hydrogens (tertiary/aromatic N) is 14. The van der Waals surface area contributed by atoms with Gasteiger partial charge in [-0.1, -0.05) is 57.7 Å². The molecule has 38 heteroatoms. The lowest BCUT2D eigenvalue weighted by molar-refractivity contribution is -0.123. The van der Waals surface area contributed by atoms with Crippen LogP contribution in [0.25, 0.3) is 59.1 Å². The molecule has 4 aromatic rings. The molecule has 642 valence electrons. The zero-order valence-electron chi connectivity index (χ0n) is 68.0. The summed E-state index contributed by atoms with van der Waals surface area (Å²) in [7, 11) is 0. The van der Waals surface area contributed by atoms with Crippen LogP contribution in [-0.2, 0) is 57.3 Å². The number of aromatic nitrogens is 8. The van der Waals surface area contributed by atoms with Crippen LogP contribution >= 0.6 is 0 Å². The van der Waals surface area contributed by atoms with Crippen LogP contribution in [0.15, 0.2) is 82.0 Å². The Kier molecular flexibility index (Phi) is 52.2. The zero-order chi connectivity index (χ0) is 85.4. The van der Waals surface area contributed by atoms with Gasteiger partial charge in [-0.3, -0.25) is 53.1 Å². The van der Waals surface area contributed by atoms with Crippen LogP contribution in [-0.4, -0.2) is 299 Å². The number of anilines is 4. The first-order valence-corrected chi connectivity index (χ1v) is 39.5. The number of azide groups is 1. The molecule has 0 bridgehead atoms. The summed E-state index contributed by atoms with van der Waals surface area (Å²) < 4.78 is 21.7. The Morgan fingerprint density at radius 2 is 0.525 bits per heavy atom. The summed E-state index contributed by atoms with van der Waals surface area (Å²) in [5.74, 6) is -0.639. The highest BCUT2D eigenvalue weighted by atomic mass is 16.6. The second kappa shape index (κ2) is 62.5. The minimum Gasteiger partial charge on any atom is -0.379 e. The summed E-state index contributed by atoms with van der Waals surface area (Å²) in [6.45, 7) is 37.1. The average Bonchev–Trinajstić information content (AvgIpc) is 0.896. The predicted molar refractivity (Wildman–Crippen MR) is 460 cm³/mol. The summed E-state index contributed by atoms with van der Waals surface area (Å²) in [5, 5.41) is 39.3. The molecule has 0 saturated heterocycles. The van der Waals surface area contributed by atoms with E-state index in [1.807, 2.05) is 0 Å². The Hall–Kier alpha value is -11.8. The number of hydrogen-bond acceptors (Lipinski definition) is 28. The second-order valence-corrected chi connectivity index (χ2v) is 26.1. The number of carbonyl (C=O) groups is 8. The zero-order valence-corrected chi connectivity index (χ0v) is 68.0. The van der Waals surface area contributed by atoms with E-state index >= 15 is 0 Å². The van der Waals surface area contributed by atoms with Gasteiger partial charge in [0.1, 0.15) is 0 Å². The summed E-state index contributed by atoms with van der Waals surface area (Å²) in [6.07, 6.45) is 16.0. The van der Waals surface area contributed by atoms with Crippen molar-refractivity contribution in [1.29, 1.82) is 0 Å². The third-order valence-corrected chi connectivity index (χ3v) is 16.8. The molecular weight excluding hydrogens is 1520 g/mol. The van der Waals surface area contributed by atoms with Gasteiger partial charge in [-0.25, -0.2) is 39.9 Å². The van der Waals surface area contributed by atoms with E-state index in [0.717, 1.165) is 0 Å². The van der Waals surface area contributed by atoms with Gasteiger partial charge < -0.3 is 82.7 Å². The van der Waals surface area contributed by atoms with Gasteiger partial charge in [-0.05, 0) is 111 Å². The van der Waals surface area contributed by atoms with Crippen molar-refractivity contribution in [3.63, 3.8) is 0 Å². The SMILES string of the molecule is C=Cc1cc(C=C)nc(NCCCC(=O)NCCN(CCNC(=O)CCCNc2nc(C=C)cc(C=C)n2)CC(=O)NCCN(CCNC(=O)CN(CCNC(=O)CCCNc2nc(C=C)cc(C=C)n2)CCNC(=O)CCCNc2nc(C=C)cc(C=C)n2)CC(=O)NCCCNC(=O)CCOCCOCCOCCOCCN=[N+]=[N-])n1. The molecule has 0 saturated carbocycles. The van der Waals surface area contributed by atoms with E-state index in [1.54, 1.807) is 87.6 Å². The molecule has 0 unspecified atom stereocenters. The summed E-state index contributed by atoms with van der Waals surface area (Å²) >= 11 is 0. The summed E-state index contributed by atoms with van der Waals surface area (Å²) in [6, 6.07) is 6.99. The normalized spacial score (nSPS) is 10.8. The van der Waals surface area contributed by atoms with Crippen LogP contribution in [0.5, 0.6) is 0 Å². The highest BCUT2D eigenvalue weighted by Crippen LogP contribution is 2.13. The first kappa shape index (κ1) is 98.6.